The van der Waals surface area contributed by atoms with E-state index in [9.17, 15) is 0 Å². The first-order chi connectivity index (χ1) is 65.2. The summed E-state index contributed by atoms with van der Waals surface area (Å²) in [5.41, 5.74) is 43.7. The van der Waals surface area contributed by atoms with Crippen molar-refractivity contribution < 1.29 is 0 Å². The molecule has 0 atom stereocenters. The normalized spacial score (nSPS) is 12.4. The molecule has 133 heavy (non-hydrogen) atoms. The monoisotopic (exact) mass is 1700 g/mol. The van der Waals surface area contributed by atoms with Gasteiger partial charge in [-0.1, -0.05) is 387 Å². The minimum Gasteiger partial charge on any atom is -0.310 e. The molecule has 0 saturated heterocycles. The van der Waals surface area contributed by atoms with Gasteiger partial charge in [0, 0.05) is 77.9 Å². The number of para-hydroxylation sites is 2. The summed E-state index contributed by atoms with van der Waals surface area (Å²) in [6, 6.07) is 177. The van der Waals surface area contributed by atoms with Crippen molar-refractivity contribution in [2.24, 2.45) is 0 Å². The van der Waals surface area contributed by atoms with Crippen LogP contribution in [-0.4, -0.2) is 15.8 Å². The standard InChI is InChI=1S/C128H95BN4/c1-127(2,3)102-78-108(89-46-24-12-25-47-89)125(110(80-102)99-56-34-54-95(72-99)93-52-32-50-91(70-93)84-36-14-7-15-37-84)132-120-82-104(130-116-60-30-28-58-106(116)112-74-97(62-68-118(112)130)86-40-18-9-19-41-86)64-66-114(120)129-115-67-65-105(131-117-61-31-29-59-107(117)113-75-98(63-69-119(113)131)87-42-20-10-21-43-87)83-121(115)133(123-77-101(76-122(132)124(123)129)88-44-22-11-23-45-88)126-109(90-48-26-13-27-49-90)79-103(128(4,5)6)81-111(126)100-57-35-55-96(73-100)94-53-33-51-92(71-94)85-38-16-8-17-39-85/h7-83H,1-6H3. The first kappa shape index (κ1) is 80.0. The van der Waals surface area contributed by atoms with Gasteiger partial charge in [-0.15, -0.1) is 0 Å². The Hall–Kier alpha value is -16.3. The molecular formula is C128H95BN4. The van der Waals surface area contributed by atoms with Gasteiger partial charge >= 0.3 is 0 Å². The summed E-state index contributed by atoms with van der Waals surface area (Å²) in [5, 5.41) is 4.78. The highest BCUT2D eigenvalue weighted by Crippen LogP contribution is 2.57. The van der Waals surface area contributed by atoms with Gasteiger partial charge in [0.2, 0.25) is 0 Å². The highest BCUT2D eigenvalue weighted by Gasteiger charge is 2.47. The molecule has 0 amide bonds. The lowest BCUT2D eigenvalue weighted by molar-refractivity contribution is 0.590. The number of anilines is 6. The fourth-order valence-corrected chi connectivity index (χ4v) is 21.1. The third-order valence-corrected chi connectivity index (χ3v) is 27.7. The Morgan fingerprint density at radius 2 is 0.444 bits per heavy atom. The van der Waals surface area contributed by atoms with Crippen LogP contribution in [0.1, 0.15) is 52.7 Å². The largest absolute Gasteiger partial charge is 0.310 e. The molecular weight excluding hydrogens is 1600 g/mol. The number of rotatable bonds is 15. The van der Waals surface area contributed by atoms with Gasteiger partial charge in [0.15, 0.2) is 0 Å². The van der Waals surface area contributed by atoms with Crippen molar-refractivity contribution in [2.75, 3.05) is 9.80 Å². The Bertz CT molecular complexity index is 7840. The number of fused-ring (bicyclic) bond motifs is 10. The zero-order valence-corrected chi connectivity index (χ0v) is 75.3. The van der Waals surface area contributed by atoms with Crippen LogP contribution < -0.4 is 26.2 Å². The Morgan fingerprint density at radius 1 is 0.180 bits per heavy atom. The van der Waals surface area contributed by atoms with Crippen molar-refractivity contribution in [3.05, 3.63) is 478 Å². The van der Waals surface area contributed by atoms with Gasteiger partial charge in [-0.25, -0.2) is 0 Å². The number of nitrogens with zero attached hydrogens (tertiary/aromatic N) is 4. The summed E-state index contributed by atoms with van der Waals surface area (Å²) in [7, 11) is 0. The smallest absolute Gasteiger partial charge is 0.252 e. The molecule has 20 aromatic carbocycles. The van der Waals surface area contributed by atoms with E-state index in [1.54, 1.807) is 0 Å². The van der Waals surface area contributed by atoms with E-state index in [-0.39, 0.29) is 17.5 Å². The van der Waals surface area contributed by atoms with Crippen LogP contribution in [0.5, 0.6) is 0 Å². The molecule has 0 radical (unpaired) electrons. The summed E-state index contributed by atoms with van der Waals surface area (Å²) in [6.45, 7) is 13.9. The molecule has 0 saturated carbocycles. The minimum atomic E-state index is -0.357. The molecule has 0 N–H and O–H groups in total. The molecule has 2 aromatic heterocycles. The topological polar surface area (TPSA) is 16.3 Å². The fourth-order valence-electron chi connectivity index (χ4n) is 21.1. The van der Waals surface area contributed by atoms with E-state index < -0.39 is 0 Å². The van der Waals surface area contributed by atoms with Crippen molar-refractivity contribution in [3.8, 4) is 134 Å². The molecule has 0 spiro atoms. The molecule has 5 heteroatoms. The van der Waals surface area contributed by atoms with Gasteiger partial charge in [-0.05, 0) is 260 Å². The molecule has 630 valence electrons. The van der Waals surface area contributed by atoms with Crippen molar-refractivity contribution >= 4 is 101 Å². The fraction of sp³-hybridized carbons (Fsp3) is 0.0625. The van der Waals surface area contributed by atoms with Crippen LogP contribution in [0.15, 0.2) is 467 Å². The molecule has 0 unspecified atom stereocenters. The molecule has 0 aliphatic carbocycles. The van der Waals surface area contributed by atoms with Crippen LogP contribution >= 0.6 is 0 Å². The van der Waals surface area contributed by atoms with E-state index in [4.69, 9.17) is 0 Å². The van der Waals surface area contributed by atoms with Crippen LogP contribution in [0.3, 0.4) is 0 Å². The van der Waals surface area contributed by atoms with Gasteiger partial charge in [0.05, 0.1) is 33.4 Å². The molecule has 0 bridgehead atoms. The summed E-state index contributed by atoms with van der Waals surface area (Å²) in [4.78, 5) is 5.51. The van der Waals surface area contributed by atoms with E-state index in [2.05, 4.69) is 528 Å². The quantitative estimate of drug-likeness (QED) is 0.0951. The average molecular weight is 1700 g/mol. The van der Waals surface area contributed by atoms with Gasteiger partial charge in [-0.2, -0.15) is 0 Å². The lowest BCUT2D eigenvalue weighted by Gasteiger charge is -2.46. The zero-order chi connectivity index (χ0) is 89.2. The maximum Gasteiger partial charge on any atom is 0.252 e. The first-order valence-corrected chi connectivity index (χ1v) is 46.5. The summed E-state index contributed by atoms with van der Waals surface area (Å²) >= 11 is 0. The maximum atomic E-state index is 2.75. The second-order valence-electron chi connectivity index (χ2n) is 37.9. The molecule has 22 aromatic rings. The molecule has 2 aliphatic heterocycles. The van der Waals surface area contributed by atoms with Crippen molar-refractivity contribution in [3.63, 3.8) is 0 Å². The second-order valence-corrected chi connectivity index (χ2v) is 37.9. The van der Waals surface area contributed by atoms with E-state index in [0.29, 0.717) is 0 Å². The number of aromatic nitrogens is 2. The van der Waals surface area contributed by atoms with E-state index in [1.807, 2.05) is 0 Å². The van der Waals surface area contributed by atoms with Crippen molar-refractivity contribution in [2.45, 2.75) is 52.4 Å². The van der Waals surface area contributed by atoms with E-state index >= 15 is 0 Å². The van der Waals surface area contributed by atoms with Crippen LogP contribution in [0.4, 0.5) is 34.1 Å². The second kappa shape index (κ2) is 32.4. The summed E-state index contributed by atoms with van der Waals surface area (Å²) in [6.07, 6.45) is 0. The van der Waals surface area contributed by atoms with Crippen LogP contribution in [0.25, 0.3) is 177 Å². The minimum absolute atomic E-state index is 0.296. The van der Waals surface area contributed by atoms with E-state index in [0.717, 1.165) is 145 Å². The first-order valence-electron chi connectivity index (χ1n) is 46.5. The lowest BCUT2D eigenvalue weighted by Crippen LogP contribution is -2.61. The Labute approximate surface area is 778 Å². The number of benzene rings is 20. The highest BCUT2D eigenvalue weighted by molar-refractivity contribution is 7.00. The molecule has 2 aliphatic rings. The Morgan fingerprint density at radius 3 is 0.782 bits per heavy atom. The highest BCUT2D eigenvalue weighted by atomic mass is 15.2. The Balaban J connectivity index is 0.851. The number of hydrogen-bond donors (Lipinski definition) is 0. The predicted octanol–water partition coefficient (Wildman–Crippen LogP) is 32.9. The van der Waals surface area contributed by atoms with Gasteiger partial charge in [0.25, 0.3) is 6.71 Å². The summed E-state index contributed by atoms with van der Waals surface area (Å²) in [5.74, 6) is 0. The number of hydrogen-bond acceptors (Lipinski definition) is 2. The Kier molecular flexibility index (Phi) is 19.5. The zero-order valence-electron chi connectivity index (χ0n) is 75.3. The predicted molar refractivity (Wildman–Crippen MR) is 566 cm³/mol. The SMILES string of the molecule is CC(C)(C)c1cc(-c2ccccc2)c(N2c3cc(-n4c5ccccc5c5cc(-c6ccccc6)ccc54)ccc3B3c4ccc(-n5c6ccccc6c6cc(-c7ccccc7)ccc65)cc4N(c4c(-c5ccccc5)cc(C(C)(C)C)cc4-c4cccc(-c5cccc(-c6ccccc6)c5)c4)c4cc(-c5ccccc5)cc2c43)c(-c2cccc(-c3cccc(-c4ccccc4)c3)c2)c1. The molecule has 4 nitrogen and oxygen atoms in total. The maximum absolute atomic E-state index is 2.75. The van der Waals surface area contributed by atoms with Gasteiger partial charge < -0.3 is 18.9 Å². The van der Waals surface area contributed by atoms with Crippen molar-refractivity contribution in [1.82, 2.24) is 9.13 Å². The summed E-state index contributed by atoms with van der Waals surface area (Å²) < 4.78 is 5.07. The molecule has 4 heterocycles. The third kappa shape index (κ3) is 14.1. The third-order valence-electron chi connectivity index (χ3n) is 27.7. The molecule has 24 rings (SSSR count). The van der Waals surface area contributed by atoms with Gasteiger partial charge in [0.1, 0.15) is 0 Å². The van der Waals surface area contributed by atoms with Crippen molar-refractivity contribution in [1.29, 1.82) is 0 Å². The van der Waals surface area contributed by atoms with Gasteiger partial charge in [-0.3, -0.25) is 0 Å². The van der Waals surface area contributed by atoms with E-state index in [1.165, 1.54) is 93.6 Å². The average Bonchev–Trinajstić information content (AvgIpc) is 1.36. The van der Waals surface area contributed by atoms with Crippen LogP contribution in [0.2, 0.25) is 0 Å². The van der Waals surface area contributed by atoms with Crippen LogP contribution in [0, 0.1) is 0 Å². The lowest BCUT2D eigenvalue weighted by atomic mass is 9.33. The van der Waals surface area contributed by atoms with Crippen LogP contribution in [-0.2, 0) is 10.8 Å². The molecule has 0 fully saturated rings.